The third kappa shape index (κ3) is 4.61. The van der Waals surface area contributed by atoms with Crippen molar-refractivity contribution < 1.29 is 8.42 Å². The molecule has 204 valence electrons. The summed E-state index contributed by atoms with van der Waals surface area (Å²) in [4.78, 5) is 18.4. The van der Waals surface area contributed by atoms with Crippen molar-refractivity contribution in [3.63, 3.8) is 0 Å². The van der Waals surface area contributed by atoms with E-state index in [4.69, 9.17) is 16.7 Å². The van der Waals surface area contributed by atoms with Crippen molar-refractivity contribution in [1.82, 2.24) is 28.5 Å². The molecule has 0 unspecified atom stereocenters. The van der Waals surface area contributed by atoms with E-state index in [1.807, 2.05) is 18.2 Å². The van der Waals surface area contributed by atoms with E-state index < -0.39 is 15.6 Å². The summed E-state index contributed by atoms with van der Waals surface area (Å²) in [5, 5.41) is 16.2. The van der Waals surface area contributed by atoms with Crippen LogP contribution in [0.15, 0.2) is 51.9 Å². The molecule has 4 heterocycles. The van der Waals surface area contributed by atoms with Crippen molar-refractivity contribution >= 4 is 43.6 Å². The van der Waals surface area contributed by atoms with Gasteiger partial charge in [0.1, 0.15) is 17.1 Å². The SMILES string of the molecule is Cn1cc(C#N)cc1-c1c2c(=O)n(C)c(=NS(C)(=O)=O)n(CC3CC3)c2nn1Cc1ccnc2ccc(Cl)cc12. The van der Waals surface area contributed by atoms with Gasteiger partial charge in [-0.25, -0.2) is 8.42 Å². The minimum absolute atomic E-state index is 0.0221. The highest BCUT2D eigenvalue weighted by Crippen LogP contribution is 2.33. The fourth-order valence-electron chi connectivity index (χ4n) is 5.07. The highest BCUT2D eigenvalue weighted by Gasteiger charge is 2.28. The van der Waals surface area contributed by atoms with Crippen LogP contribution in [0.1, 0.15) is 24.0 Å². The summed E-state index contributed by atoms with van der Waals surface area (Å²) in [5.41, 5.74) is 3.14. The quantitative estimate of drug-likeness (QED) is 0.305. The van der Waals surface area contributed by atoms with Crippen LogP contribution in [0, 0.1) is 17.2 Å². The van der Waals surface area contributed by atoms with Crippen molar-refractivity contribution in [2.24, 2.45) is 24.4 Å². The summed E-state index contributed by atoms with van der Waals surface area (Å²) in [6.07, 6.45) is 6.39. The van der Waals surface area contributed by atoms with Crippen LogP contribution in [0.3, 0.4) is 0 Å². The zero-order valence-corrected chi connectivity index (χ0v) is 23.6. The lowest BCUT2D eigenvalue weighted by molar-refractivity contribution is 0.556. The van der Waals surface area contributed by atoms with Crippen molar-refractivity contribution in [2.75, 3.05) is 6.26 Å². The van der Waals surface area contributed by atoms with E-state index >= 15 is 0 Å². The van der Waals surface area contributed by atoms with E-state index in [0.29, 0.717) is 45.5 Å². The molecule has 11 nitrogen and oxygen atoms in total. The van der Waals surface area contributed by atoms with Crippen LogP contribution in [-0.4, -0.2) is 43.1 Å². The second-order valence-corrected chi connectivity index (χ2v) is 12.3. The molecule has 4 aromatic heterocycles. The Balaban J connectivity index is 1.72. The Hall–Kier alpha value is -4.21. The maximum absolute atomic E-state index is 13.9. The maximum Gasteiger partial charge on any atom is 0.266 e. The van der Waals surface area contributed by atoms with Crippen LogP contribution < -0.4 is 11.2 Å². The largest absolute Gasteiger partial charge is 0.348 e. The molecule has 0 atom stereocenters. The summed E-state index contributed by atoms with van der Waals surface area (Å²) >= 11 is 6.32. The number of aromatic nitrogens is 6. The number of sulfonamides is 1. The number of nitrogens with zero attached hydrogens (tertiary/aromatic N) is 8. The second kappa shape index (κ2) is 9.46. The first-order chi connectivity index (χ1) is 19.0. The Morgan fingerprint density at radius 2 is 1.98 bits per heavy atom. The molecular weight excluding hydrogens is 552 g/mol. The van der Waals surface area contributed by atoms with E-state index in [9.17, 15) is 18.5 Å². The lowest BCUT2D eigenvalue weighted by atomic mass is 10.1. The third-order valence-corrected chi connectivity index (χ3v) is 7.86. The summed E-state index contributed by atoms with van der Waals surface area (Å²) in [6, 6.07) is 11.2. The number of halogens is 1. The molecule has 1 aliphatic rings. The molecule has 1 aromatic carbocycles. The Morgan fingerprint density at radius 1 is 1.20 bits per heavy atom. The van der Waals surface area contributed by atoms with Crippen LogP contribution in [0.2, 0.25) is 5.02 Å². The average Bonchev–Trinajstić information content (AvgIpc) is 3.54. The van der Waals surface area contributed by atoms with Crippen LogP contribution in [0.5, 0.6) is 0 Å². The van der Waals surface area contributed by atoms with Crippen molar-refractivity contribution in [2.45, 2.75) is 25.9 Å². The highest BCUT2D eigenvalue weighted by molar-refractivity contribution is 7.89. The zero-order chi connectivity index (χ0) is 28.3. The molecule has 0 N–H and O–H groups in total. The van der Waals surface area contributed by atoms with Crippen molar-refractivity contribution in [3.8, 4) is 17.5 Å². The number of hydrogen-bond donors (Lipinski definition) is 0. The number of fused-ring (bicyclic) bond motifs is 2. The molecule has 0 aliphatic heterocycles. The predicted molar refractivity (Wildman–Crippen MR) is 151 cm³/mol. The topological polar surface area (TPSA) is 133 Å². The van der Waals surface area contributed by atoms with Gasteiger partial charge in [-0.3, -0.25) is 23.6 Å². The minimum Gasteiger partial charge on any atom is -0.348 e. The predicted octanol–water partition coefficient (Wildman–Crippen LogP) is 2.93. The Kier molecular flexibility index (Phi) is 6.16. The van der Waals surface area contributed by atoms with Crippen LogP contribution >= 0.6 is 11.6 Å². The van der Waals surface area contributed by atoms with Crippen LogP contribution in [0.25, 0.3) is 33.3 Å². The molecule has 1 saturated carbocycles. The second-order valence-electron chi connectivity index (χ2n) is 10.2. The minimum atomic E-state index is -3.81. The van der Waals surface area contributed by atoms with Gasteiger partial charge in [0.15, 0.2) is 5.65 Å². The molecule has 0 spiro atoms. The molecule has 13 heteroatoms. The first kappa shape index (κ1) is 26.0. The van der Waals surface area contributed by atoms with E-state index in [1.165, 1.54) is 11.6 Å². The van der Waals surface area contributed by atoms with Crippen LogP contribution in [-0.2, 0) is 37.2 Å². The summed E-state index contributed by atoms with van der Waals surface area (Å²) in [6.45, 7) is 0.737. The molecule has 1 fully saturated rings. The first-order valence-electron chi connectivity index (χ1n) is 12.6. The first-order valence-corrected chi connectivity index (χ1v) is 14.8. The number of rotatable bonds is 6. The third-order valence-electron chi connectivity index (χ3n) is 7.13. The van der Waals surface area contributed by atoms with E-state index in [2.05, 4.69) is 15.5 Å². The molecule has 5 aromatic rings. The fourth-order valence-corrected chi connectivity index (χ4v) is 5.76. The van der Waals surface area contributed by atoms with Gasteiger partial charge in [-0.1, -0.05) is 11.6 Å². The van der Waals surface area contributed by atoms with Gasteiger partial charge in [-0.15, -0.1) is 4.40 Å². The Labute approximate surface area is 234 Å². The number of pyridine rings is 1. The van der Waals surface area contributed by atoms with E-state index in [0.717, 1.165) is 35.6 Å². The molecule has 0 radical (unpaired) electrons. The fraction of sp³-hybridized carbons (Fsp3) is 0.296. The lowest BCUT2D eigenvalue weighted by Gasteiger charge is -2.12. The standard InChI is InChI=1S/C27H25ClN8O3S/c1-33-13-17(12-29)10-22(33)24-23-25(31-36(24)15-18-8-9-30-21-7-6-19(28)11-20(18)21)35(14-16-4-5-16)27(32-40(3,38)39)34(2)26(23)37/h6-11,13,16H,4-5,14-15H2,1-3H3. The molecule has 6 rings (SSSR count). The van der Waals surface area contributed by atoms with Gasteiger partial charge >= 0.3 is 0 Å². The average molecular weight is 577 g/mol. The summed E-state index contributed by atoms with van der Waals surface area (Å²) in [5.74, 6) is 0.333. The molecule has 40 heavy (non-hydrogen) atoms. The monoisotopic (exact) mass is 576 g/mol. The van der Waals surface area contributed by atoms with E-state index in [-0.39, 0.29) is 12.2 Å². The van der Waals surface area contributed by atoms with Gasteiger partial charge in [0, 0.05) is 43.4 Å². The van der Waals surface area contributed by atoms with Gasteiger partial charge in [-0.2, -0.15) is 10.4 Å². The van der Waals surface area contributed by atoms with Gasteiger partial charge in [-0.05, 0) is 54.7 Å². The lowest BCUT2D eigenvalue weighted by Crippen LogP contribution is -2.40. The zero-order valence-electron chi connectivity index (χ0n) is 22.0. The van der Waals surface area contributed by atoms with Gasteiger partial charge in [0.05, 0.1) is 29.6 Å². The molecule has 0 bridgehead atoms. The number of benzene rings is 1. The number of aryl methyl sites for hydroxylation is 1. The summed E-state index contributed by atoms with van der Waals surface area (Å²) < 4.78 is 34.9. The van der Waals surface area contributed by atoms with Gasteiger partial charge in [0.2, 0.25) is 5.62 Å². The van der Waals surface area contributed by atoms with E-state index in [1.54, 1.807) is 45.4 Å². The number of nitriles is 1. The molecular formula is C27H25ClN8O3S. The molecule has 0 amide bonds. The maximum atomic E-state index is 13.9. The summed E-state index contributed by atoms with van der Waals surface area (Å²) in [7, 11) is -0.495. The molecule has 1 aliphatic carbocycles. The smallest absolute Gasteiger partial charge is 0.266 e. The van der Waals surface area contributed by atoms with Gasteiger partial charge < -0.3 is 4.57 Å². The van der Waals surface area contributed by atoms with Gasteiger partial charge in [0.25, 0.3) is 15.6 Å². The van der Waals surface area contributed by atoms with Crippen LogP contribution in [0.4, 0.5) is 0 Å². The number of hydrogen-bond acceptors (Lipinski definition) is 6. The highest BCUT2D eigenvalue weighted by atomic mass is 35.5. The Bertz CT molecular complexity index is 2130. The molecule has 0 saturated heterocycles. The normalized spacial score (nSPS) is 14.3. The Morgan fingerprint density at radius 3 is 2.65 bits per heavy atom. The van der Waals surface area contributed by atoms with Crippen molar-refractivity contribution in [1.29, 1.82) is 5.26 Å². The van der Waals surface area contributed by atoms with Crippen molar-refractivity contribution in [3.05, 3.63) is 74.8 Å².